The van der Waals surface area contributed by atoms with E-state index >= 15 is 0 Å². The first-order chi connectivity index (χ1) is 10.6. The van der Waals surface area contributed by atoms with Crippen LogP contribution in [0.4, 0.5) is 4.39 Å². The van der Waals surface area contributed by atoms with Crippen LogP contribution in [0, 0.1) is 25.6 Å². The van der Waals surface area contributed by atoms with Gasteiger partial charge in [0.15, 0.2) is 0 Å². The molecule has 0 unspecified atom stereocenters. The first-order valence-electron chi connectivity index (χ1n) is 7.85. The molecule has 2 aromatic heterocycles. The number of aryl methyl sites for hydroxylation is 1. The van der Waals surface area contributed by atoms with Gasteiger partial charge in [0.2, 0.25) is 0 Å². The number of benzene rings is 1. The Balaban J connectivity index is 1.97. The third-order valence-electron chi connectivity index (χ3n) is 4.80. The van der Waals surface area contributed by atoms with Gasteiger partial charge in [-0.15, -0.1) is 0 Å². The molecule has 0 atom stereocenters. The molecule has 4 rings (SSSR count). The lowest BCUT2D eigenvalue weighted by Gasteiger charge is -2.11. The summed E-state index contributed by atoms with van der Waals surface area (Å²) in [5.41, 5.74) is 5.76. The van der Waals surface area contributed by atoms with Gasteiger partial charge in [-0.25, -0.2) is 4.39 Å². The summed E-state index contributed by atoms with van der Waals surface area (Å²) in [6.45, 7) is 5.43. The predicted molar refractivity (Wildman–Crippen MR) is 87.3 cm³/mol. The maximum atomic E-state index is 13.2. The van der Waals surface area contributed by atoms with Crippen LogP contribution in [-0.4, -0.2) is 9.55 Å². The predicted octanol–water partition coefficient (Wildman–Crippen LogP) is 4.87. The maximum absolute atomic E-state index is 13.2. The van der Waals surface area contributed by atoms with Gasteiger partial charge in [-0.3, -0.25) is 4.98 Å². The van der Waals surface area contributed by atoms with Gasteiger partial charge in [0, 0.05) is 29.4 Å². The van der Waals surface area contributed by atoms with E-state index in [4.69, 9.17) is 0 Å². The fourth-order valence-corrected chi connectivity index (χ4v) is 3.20. The fourth-order valence-electron chi connectivity index (χ4n) is 3.20. The van der Waals surface area contributed by atoms with Crippen LogP contribution in [0.1, 0.15) is 24.1 Å². The second-order valence-corrected chi connectivity index (χ2v) is 6.33. The Bertz CT molecular complexity index is 842. The zero-order chi connectivity index (χ0) is 15.3. The molecule has 3 aromatic rings. The highest BCUT2D eigenvalue weighted by Gasteiger charge is 2.25. The molecule has 1 aliphatic rings. The Labute approximate surface area is 129 Å². The largest absolute Gasteiger partial charge is 0.343 e. The number of pyridine rings is 1. The van der Waals surface area contributed by atoms with Gasteiger partial charge in [0.1, 0.15) is 5.82 Å². The summed E-state index contributed by atoms with van der Waals surface area (Å²) < 4.78 is 15.6. The summed E-state index contributed by atoms with van der Waals surface area (Å²) in [4.78, 5) is 4.61. The zero-order valence-electron chi connectivity index (χ0n) is 12.9. The standard InChI is InChI=1S/C19H19FN2/c1-12-13(2)22(11-14-3-4-14)19-17(12)9-10-21-18(19)15-5-7-16(20)8-6-15/h5-10,14H,3-4,11H2,1-2H3. The van der Waals surface area contributed by atoms with Crippen molar-refractivity contribution in [2.24, 2.45) is 5.92 Å². The number of aromatic nitrogens is 2. The highest BCUT2D eigenvalue weighted by Crippen LogP contribution is 2.37. The van der Waals surface area contributed by atoms with Crippen LogP contribution < -0.4 is 0 Å². The van der Waals surface area contributed by atoms with Crippen molar-refractivity contribution >= 4 is 10.9 Å². The Morgan fingerprint density at radius 2 is 1.86 bits per heavy atom. The van der Waals surface area contributed by atoms with Crippen LogP contribution in [0.2, 0.25) is 0 Å². The van der Waals surface area contributed by atoms with E-state index in [0.29, 0.717) is 0 Å². The molecule has 0 radical (unpaired) electrons. The third-order valence-corrected chi connectivity index (χ3v) is 4.80. The molecule has 0 bridgehead atoms. The first kappa shape index (κ1) is 13.5. The van der Waals surface area contributed by atoms with Gasteiger partial charge in [-0.2, -0.15) is 0 Å². The lowest BCUT2D eigenvalue weighted by molar-refractivity contribution is 0.628. The molecule has 0 saturated heterocycles. The molecule has 0 aliphatic heterocycles. The van der Waals surface area contributed by atoms with Gasteiger partial charge in [0.05, 0.1) is 11.2 Å². The molecule has 1 aromatic carbocycles. The quantitative estimate of drug-likeness (QED) is 0.674. The molecular weight excluding hydrogens is 275 g/mol. The van der Waals surface area contributed by atoms with E-state index in [1.807, 2.05) is 18.3 Å². The molecule has 1 saturated carbocycles. The van der Waals surface area contributed by atoms with E-state index < -0.39 is 0 Å². The minimum absolute atomic E-state index is 0.211. The maximum Gasteiger partial charge on any atom is 0.123 e. The molecule has 3 heteroatoms. The van der Waals surface area contributed by atoms with Gasteiger partial charge < -0.3 is 4.57 Å². The normalized spacial score (nSPS) is 14.7. The monoisotopic (exact) mass is 294 g/mol. The van der Waals surface area contributed by atoms with Crippen molar-refractivity contribution in [3.63, 3.8) is 0 Å². The minimum atomic E-state index is -0.211. The smallest absolute Gasteiger partial charge is 0.123 e. The van der Waals surface area contributed by atoms with Gasteiger partial charge in [-0.1, -0.05) is 0 Å². The molecule has 112 valence electrons. The van der Waals surface area contributed by atoms with E-state index in [0.717, 1.165) is 23.7 Å². The van der Waals surface area contributed by atoms with E-state index in [-0.39, 0.29) is 5.82 Å². The summed E-state index contributed by atoms with van der Waals surface area (Å²) in [6.07, 6.45) is 4.50. The van der Waals surface area contributed by atoms with E-state index in [1.165, 1.54) is 47.1 Å². The number of nitrogens with zero attached hydrogens (tertiary/aromatic N) is 2. The summed E-state index contributed by atoms with van der Waals surface area (Å²) in [6, 6.07) is 8.73. The highest BCUT2D eigenvalue weighted by molar-refractivity contribution is 5.95. The number of fused-ring (bicyclic) bond motifs is 1. The average molecular weight is 294 g/mol. The number of rotatable bonds is 3. The van der Waals surface area contributed by atoms with Gasteiger partial charge >= 0.3 is 0 Å². The summed E-state index contributed by atoms with van der Waals surface area (Å²) >= 11 is 0. The molecule has 2 nitrogen and oxygen atoms in total. The Morgan fingerprint density at radius 3 is 2.55 bits per heavy atom. The van der Waals surface area contributed by atoms with Crippen LogP contribution >= 0.6 is 0 Å². The molecule has 22 heavy (non-hydrogen) atoms. The Kier molecular flexibility index (Phi) is 3.03. The second kappa shape index (κ2) is 4.94. The molecule has 0 N–H and O–H groups in total. The average Bonchev–Trinajstić information content (AvgIpc) is 3.32. The topological polar surface area (TPSA) is 17.8 Å². The first-order valence-corrected chi connectivity index (χ1v) is 7.85. The zero-order valence-corrected chi connectivity index (χ0v) is 12.9. The summed E-state index contributed by atoms with van der Waals surface area (Å²) in [5, 5.41) is 1.26. The van der Waals surface area contributed by atoms with Crippen LogP contribution in [0.15, 0.2) is 36.5 Å². The molecule has 2 heterocycles. The van der Waals surface area contributed by atoms with E-state index in [2.05, 4.69) is 29.5 Å². The highest BCUT2D eigenvalue weighted by atomic mass is 19.1. The number of hydrogen-bond acceptors (Lipinski definition) is 1. The van der Waals surface area contributed by atoms with Crippen LogP contribution in [0.5, 0.6) is 0 Å². The number of hydrogen-bond donors (Lipinski definition) is 0. The molecule has 1 aliphatic carbocycles. The van der Waals surface area contributed by atoms with Crippen molar-refractivity contribution in [3.05, 3.63) is 53.6 Å². The van der Waals surface area contributed by atoms with Crippen molar-refractivity contribution in [2.45, 2.75) is 33.2 Å². The van der Waals surface area contributed by atoms with Crippen LogP contribution in [0.3, 0.4) is 0 Å². The van der Waals surface area contributed by atoms with Crippen molar-refractivity contribution in [3.8, 4) is 11.3 Å². The van der Waals surface area contributed by atoms with Gasteiger partial charge in [-0.05, 0) is 68.5 Å². The van der Waals surface area contributed by atoms with Crippen molar-refractivity contribution in [2.75, 3.05) is 0 Å². The Morgan fingerprint density at radius 1 is 1.14 bits per heavy atom. The number of halogens is 1. The van der Waals surface area contributed by atoms with Crippen molar-refractivity contribution < 1.29 is 4.39 Å². The minimum Gasteiger partial charge on any atom is -0.343 e. The van der Waals surface area contributed by atoms with E-state index in [1.54, 1.807) is 0 Å². The fraction of sp³-hybridized carbons (Fsp3) is 0.316. The molecule has 0 amide bonds. The lowest BCUT2D eigenvalue weighted by Crippen LogP contribution is -2.03. The third kappa shape index (κ3) is 2.12. The summed E-state index contributed by atoms with van der Waals surface area (Å²) in [5.74, 6) is 0.589. The molecular formula is C19H19FN2. The molecule has 0 spiro atoms. The summed E-state index contributed by atoms with van der Waals surface area (Å²) in [7, 11) is 0. The van der Waals surface area contributed by atoms with E-state index in [9.17, 15) is 4.39 Å². The SMILES string of the molecule is Cc1c(C)n(CC2CC2)c2c(-c3ccc(F)cc3)nccc12. The Hall–Kier alpha value is -2.16. The van der Waals surface area contributed by atoms with Crippen molar-refractivity contribution in [1.29, 1.82) is 0 Å². The second-order valence-electron chi connectivity index (χ2n) is 6.33. The van der Waals surface area contributed by atoms with Crippen LogP contribution in [-0.2, 0) is 6.54 Å². The van der Waals surface area contributed by atoms with Crippen molar-refractivity contribution in [1.82, 2.24) is 9.55 Å². The molecule has 1 fully saturated rings. The van der Waals surface area contributed by atoms with Crippen LogP contribution in [0.25, 0.3) is 22.2 Å². The van der Waals surface area contributed by atoms with Gasteiger partial charge in [0.25, 0.3) is 0 Å². The lowest BCUT2D eigenvalue weighted by atomic mass is 10.1.